The zero-order valence-electron chi connectivity index (χ0n) is 35.9. The van der Waals surface area contributed by atoms with E-state index < -0.39 is 0 Å². The molecule has 2 heterocycles. The van der Waals surface area contributed by atoms with Gasteiger partial charge in [-0.15, -0.1) is 0 Å². The second-order valence-electron chi connectivity index (χ2n) is 16.6. The number of fused-ring (bicyclic) bond motifs is 5. The highest BCUT2D eigenvalue weighted by Gasteiger charge is 2.16. The fourth-order valence-electron chi connectivity index (χ4n) is 9.09. The van der Waals surface area contributed by atoms with Gasteiger partial charge in [-0.05, 0) is 67.4 Å². The van der Waals surface area contributed by atoms with E-state index in [0.717, 1.165) is 72.2 Å². The van der Waals surface area contributed by atoms with Gasteiger partial charge in [0.2, 0.25) is 0 Å². The van der Waals surface area contributed by atoms with Crippen LogP contribution < -0.4 is 0 Å². The first-order valence-corrected chi connectivity index (χ1v) is 22.3. The minimum Gasteiger partial charge on any atom is -0.246 e. The van der Waals surface area contributed by atoms with Crippen LogP contribution >= 0.6 is 0 Å². The molecule has 12 aromatic rings. The Hall–Kier alpha value is -8.86. The van der Waals surface area contributed by atoms with E-state index in [1.807, 2.05) is 12.1 Å². The van der Waals surface area contributed by atoms with Crippen molar-refractivity contribution in [3.8, 4) is 89.9 Å². The molecule has 0 saturated heterocycles. The normalized spacial score (nSPS) is 11.3. The lowest BCUT2D eigenvalue weighted by molar-refractivity contribution is 1.07. The van der Waals surface area contributed by atoms with Crippen molar-refractivity contribution < 1.29 is 0 Å². The van der Waals surface area contributed by atoms with Crippen molar-refractivity contribution in [2.24, 2.45) is 0 Å². The van der Waals surface area contributed by atoms with Gasteiger partial charge < -0.3 is 0 Å². The van der Waals surface area contributed by atoms with Gasteiger partial charge in [0.05, 0.1) is 11.2 Å². The second-order valence-corrected chi connectivity index (χ2v) is 16.6. The van der Waals surface area contributed by atoms with Crippen LogP contribution in [0.15, 0.2) is 243 Å². The zero-order valence-corrected chi connectivity index (χ0v) is 35.9. The van der Waals surface area contributed by atoms with Crippen molar-refractivity contribution in [2.45, 2.75) is 0 Å². The predicted molar refractivity (Wildman–Crippen MR) is 274 cm³/mol. The van der Waals surface area contributed by atoms with Crippen LogP contribution in [-0.2, 0) is 0 Å². The van der Waals surface area contributed by atoms with E-state index in [9.17, 15) is 0 Å². The Morgan fingerprint density at radius 3 is 1.15 bits per heavy atom. The smallest absolute Gasteiger partial charge is 0.164 e. The highest BCUT2D eigenvalue weighted by atomic mass is 15.0. The molecule has 0 spiro atoms. The molecule has 10 aromatic carbocycles. The molecule has 4 nitrogen and oxygen atoms in total. The molecule has 308 valence electrons. The van der Waals surface area contributed by atoms with Crippen LogP contribution in [0.4, 0.5) is 0 Å². The predicted octanol–water partition coefficient (Wildman–Crippen LogP) is 16.1. The third kappa shape index (κ3) is 7.36. The van der Waals surface area contributed by atoms with Gasteiger partial charge in [0.25, 0.3) is 0 Å². The summed E-state index contributed by atoms with van der Waals surface area (Å²) in [5.74, 6) is 1.86. The molecule has 0 aliphatic carbocycles. The first-order valence-electron chi connectivity index (χ1n) is 22.3. The summed E-state index contributed by atoms with van der Waals surface area (Å²) >= 11 is 0. The van der Waals surface area contributed by atoms with E-state index in [1.54, 1.807) is 0 Å². The number of nitrogens with zero attached hydrogens (tertiary/aromatic N) is 4. The van der Waals surface area contributed by atoms with Gasteiger partial charge >= 0.3 is 0 Å². The largest absolute Gasteiger partial charge is 0.246 e. The van der Waals surface area contributed by atoms with Crippen LogP contribution in [0.2, 0.25) is 0 Å². The molecule has 4 heteroatoms. The molecule has 0 bridgehead atoms. The topological polar surface area (TPSA) is 51.6 Å². The summed E-state index contributed by atoms with van der Waals surface area (Å²) in [6.45, 7) is 0. The van der Waals surface area contributed by atoms with Gasteiger partial charge in [-0.25, -0.2) is 19.9 Å². The van der Waals surface area contributed by atoms with E-state index in [0.29, 0.717) is 17.5 Å². The van der Waals surface area contributed by atoms with Gasteiger partial charge in [-0.2, -0.15) is 0 Å². The Labute approximate surface area is 383 Å². The monoisotopic (exact) mass is 840 g/mol. The molecule has 0 N–H and O–H groups in total. The summed E-state index contributed by atoms with van der Waals surface area (Å²) in [6.07, 6.45) is 0. The Morgan fingerprint density at radius 2 is 0.576 bits per heavy atom. The summed E-state index contributed by atoms with van der Waals surface area (Å²) in [6, 6.07) is 85.3. The lowest BCUT2D eigenvalue weighted by atomic mass is 9.95. The van der Waals surface area contributed by atoms with Gasteiger partial charge in [-0.3, -0.25) is 0 Å². The van der Waals surface area contributed by atoms with E-state index in [2.05, 4.69) is 231 Å². The summed E-state index contributed by atoms with van der Waals surface area (Å²) in [5, 5.41) is 5.89. The average molecular weight is 841 g/mol. The molecular formula is C62H40N4. The maximum atomic E-state index is 5.35. The van der Waals surface area contributed by atoms with E-state index in [-0.39, 0.29) is 0 Å². The van der Waals surface area contributed by atoms with Gasteiger partial charge in [0.15, 0.2) is 17.5 Å². The third-order valence-corrected chi connectivity index (χ3v) is 12.5. The molecule has 66 heavy (non-hydrogen) atoms. The molecule has 0 aliphatic rings. The van der Waals surface area contributed by atoms with Crippen LogP contribution in [0.25, 0.3) is 122 Å². The number of hydrogen-bond acceptors (Lipinski definition) is 4. The highest BCUT2D eigenvalue weighted by Crippen LogP contribution is 2.37. The fourth-order valence-corrected chi connectivity index (χ4v) is 9.09. The van der Waals surface area contributed by atoms with Gasteiger partial charge in [-0.1, -0.05) is 231 Å². The second kappa shape index (κ2) is 16.7. The Bertz CT molecular complexity index is 3610. The molecule has 0 fully saturated rings. The van der Waals surface area contributed by atoms with Crippen LogP contribution in [-0.4, -0.2) is 19.9 Å². The summed E-state index contributed by atoms with van der Waals surface area (Å²) in [5.41, 5.74) is 14.9. The van der Waals surface area contributed by atoms with E-state index >= 15 is 0 Å². The van der Waals surface area contributed by atoms with Crippen molar-refractivity contribution >= 4 is 32.4 Å². The summed E-state index contributed by atoms with van der Waals surface area (Å²) < 4.78 is 0. The quantitative estimate of drug-likeness (QED) is 0.143. The minimum absolute atomic E-state index is 0.616. The lowest BCUT2D eigenvalue weighted by Gasteiger charge is -2.13. The third-order valence-electron chi connectivity index (χ3n) is 12.5. The Balaban J connectivity index is 0.888. The molecule has 0 aliphatic heterocycles. The molecule has 0 unspecified atom stereocenters. The molecule has 12 rings (SSSR count). The number of rotatable bonds is 8. The van der Waals surface area contributed by atoms with Gasteiger partial charge in [0, 0.05) is 38.4 Å². The first-order chi connectivity index (χ1) is 32.7. The molecule has 0 amide bonds. The molecular weight excluding hydrogens is 801 g/mol. The number of pyridine rings is 1. The number of hydrogen-bond donors (Lipinski definition) is 0. The fraction of sp³-hybridized carbons (Fsp3) is 0. The number of benzene rings is 10. The summed E-state index contributed by atoms with van der Waals surface area (Å²) in [4.78, 5) is 20.7. The molecule has 2 aromatic heterocycles. The van der Waals surface area contributed by atoms with E-state index in [1.165, 1.54) is 32.7 Å². The van der Waals surface area contributed by atoms with Crippen LogP contribution in [0.5, 0.6) is 0 Å². The Kier molecular flexibility index (Phi) is 9.81. The molecule has 0 saturated carbocycles. The van der Waals surface area contributed by atoms with Crippen molar-refractivity contribution in [1.29, 1.82) is 0 Å². The standard InChI is InChI=1S/C62H40N4/c1-3-13-41(14-4-1)43-27-33-48(34-28-43)60-64-61(49-35-29-44(30-36-49)42-15-5-2-6-16-42)66-62(65-60)53-21-12-20-52(40-53)51-19-11-18-50(39-51)45-25-31-47(32-26-45)58-56-24-10-9-23-55(56)57-38-37-46-17-7-8-22-54(46)59(57)63-58/h1-40H. The van der Waals surface area contributed by atoms with Crippen LogP contribution in [0, 0.1) is 0 Å². The first kappa shape index (κ1) is 38.8. The van der Waals surface area contributed by atoms with Crippen LogP contribution in [0.1, 0.15) is 0 Å². The van der Waals surface area contributed by atoms with Crippen molar-refractivity contribution in [3.05, 3.63) is 243 Å². The Morgan fingerprint density at radius 1 is 0.197 bits per heavy atom. The van der Waals surface area contributed by atoms with Gasteiger partial charge in [0.1, 0.15) is 0 Å². The minimum atomic E-state index is 0.616. The zero-order chi connectivity index (χ0) is 43.8. The number of aromatic nitrogens is 4. The lowest BCUT2D eigenvalue weighted by Crippen LogP contribution is -2.00. The average Bonchev–Trinajstić information content (AvgIpc) is 3.41. The van der Waals surface area contributed by atoms with Crippen molar-refractivity contribution in [2.75, 3.05) is 0 Å². The van der Waals surface area contributed by atoms with Crippen molar-refractivity contribution in [1.82, 2.24) is 19.9 Å². The van der Waals surface area contributed by atoms with Crippen molar-refractivity contribution in [3.63, 3.8) is 0 Å². The summed E-state index contributed by atoms with van der Waals surface area (Å²) in [7, 11) is 0. The maximum absolute atomic E-state index is 5.35. The maximum Gasteiger partial charge on any atom is 0.164 e. The van der Waals surface area contributed by atoms with Crippen LogP contribution in [0.3, 0.4) is 0 Å². The molecule has 0 radical (unpaired) electrons. The van der Waals surface area contributed by atoms with E-state index in [4.69, 9.17) is 19.9 Å². The molecule has 0 atom stereocenters. The highest BCUT2D eigenvalue weighted by molar-refractivity contribution is 6.18. The SMILES string of the molecule is c1ccc(-c2ccc(-c3nc(-c4ccc(-c5ccccc5)cc4)nc(-c4cccc(-c5cccc(-c6ccc(-c7nc8c9ccccc9ccc8c8ccccc78)cc6)c5)c4)n3)cc2)cc1.